The Morgan fingerprint density at radius 1 is 1.16 bits per heavy atom. The van der Waals surface area contributed by atoms with Gasteiger partial charge in [0.05, 0.1) is 17.7 Å². The third-order valence-corrected chi connectivity index (χ3v) is 4.89. The van der Waals surface area contributed by atoms with E-state index in [2.05, 4.69) is 9.93 Å². The highest BCUT2D eigenvalue weighted by atomic mass is 35.5. The SMILES string of the molecule is COc1ccc(S(=O)(=O)NN=C(CCCCl)c2ccc(F)cc2)cc1. The van der Waals surface area contributed by atoms with Gasteiger partial charge >= 0.3 is 0 Å². The fourth-order valence-corrected chi connectivity index (χ4v) is 3.03. The van der Waals surface area contributed by atoms with Crippen molar-refractivity contribution in [2.75, 3.05) is 13.0 Å². The van der Waals surface area contributed by atoms with Gasteiger partial charge in [0.2, 0.25) is 0 Å². The van der Waals surface area contributed by atoms with Crippen molar-refractivity contribution in [2.24, 2.45) is 5.10 Å². The van der Waals surface area contributed by atoms with Crippen LogP contribution < -0.4 is 9.57 Å². The Labute approximate surface area is 151 Å². The Balaban J connectivity index is 2.24. The van der Waals surface area contributed by atoms with Crippen molar-refractivity contribution in [3.63, 3.8) is 0 Å². The molecule has 5 nitrogen and oxygen atoms in total. The van der Waals surface area contributed by atoms with Crippen molar-refractivity contribution in [2.45, 2.75) is 17.7 Å². The number of nitrogens with one attached hydrogen (secondary N) is 1. The van der Waals surface area contributed by atoms with Crippen molar-refractivity contribution in [1.29, 1.82) is 0 Å². The maximum Gasteiger partial charge on any atom is 0.276 e. The average Bonchev–Trinajstić information content (AvgIpc) is 2.63. The lowest BCUT2D eigenvalue weighted by Gasteiger charge is -2.09. The third kappa shape index (κ3) is 5.44. The van der Waals surface area contributed by atoms with Gasteiger partial charge in [-0.1, -0.05) is 12.1 Å². The van der Waals surface area contributed by atoms with Gasteiger partial charge in [0.15, 0.2) is 0 Å². The number of hydrogen-bond acceptors (Lipinski definition) is 4. The van der Waals surface area contributed by atoms with E-state index in [-0.39, 0.29) is 10.7 Å². The molecule has 0 aliphatic heterocycles. The van der Waals surface area contributed by atoms with Crippen LogP contribution in [-0.2, 0) is 10.0 Å². The topological polar surface area (TPSA) is 67.8 Å². The predicted octanol–water partition coefficient (Wildman–Crippen LogP) is 3.54. The van der Waals surface area contributed by atoms with Crippen molar-refractivity contribution in [3.05, 3.63) is 59.9 Å². The van der Waals surface area contributed by atoms with Crippen molar-refractivity contribution >= 4 is 27.3 Å². The smallest absolute Gasteiger partial charge is 0.276 e. The maximum absolute atomic E-state index is 13.1. The average molecular weight is 385 g/mol. The second kappa shape index (κ2) is 8.82. The van der Waals surface area contributed by atoms with Crippen molar-refractivity contribution in [1.82, 2.24) is 4.83 Å². The number of methoxy groups -OCH3 is 1. The second-order valence-corrected chi connectivity index (χ2v) is 7.17. The molecule has 2 rings (SSSR count). The summed E-state index contributed by atoms with van der Waals surface area (Å²) in [5.74, 6) is 0.585. The van der Waals surface area contributed by atoms with E-state index < -0.39 is 10.0 Å². The summed E-state index contributed by atoms with van der Waals surface area (Å²) >= 11 is 5.71. The molecule has 0 amide bonds. The van der Waals surface area contributed by atoms with Gasteiger partial charge in [0.1, 0.15) is 11.6 Å². The minimum atomic E-state index is -3.82. The van der Waals surface area contributed by atoms with E-state index in [1.165, 1.54) is 31.4 Å². The number of ether oxygens (including phenoxy) is 1. The normalized spacial score (nSPS) is 12.0. The summed E-state index contributed by atoms with van der Waals surface area (Å²) in [5, 5.41) is 4.02. The summed E-state index contributed by atoms with van der Waals surface area (Å²) < 4.78 is 42.8. The van der Waals surface area contributed by atoms with Crippen LogP contribution in [0, 0.1) is 5.82 Å². The van der Waals surface area contributed by atoms with Crippen LogP contribution in [0.1, 0.15) is 18.4 Å². The molecule has 0 aliphatic rings. The second-order valence-electron chi connectivity index (χ2n) is 5.13. The lowest BCUT2D eigenvalue weighted by Crippen LogP contribution is -2.20. The van der Waals surface area contributed by atoms with Crippen LogP contribution in [0.3, 0.4) is 0 Å². The number of sulfonamides is 1. The van der Waals surface area contributed by atoms with E-state index in [4.69, 9.17) is 16.3 Å². The highest BCUT2D eigenvalue weighted by Crippen LogP contribution is 2.16. The molecule has 1 N–H and O–H groups in total. The molecule has 0 unspecified atom stereocenters. The standard InChI is InChI=1S/C17H18ClFN2O3S/c1-24-15-8-10-16(11-9-15)25(22,23)21-20-17(3-2-12-18)13-4-6-14(19)7-5-13/h4-11,21H,2-3,12H2,1H3. The van der Waals surface area contributed by atoms with E-state index in [9.17, 15) is 12.8 Å². The predicted molar refractivity (Wildman–Crippen MR) is 96.2 cm³/mol. The van der Waals surface area contributed by atoms with Gasteiger partial charge in [0.25, 0.3) is 10.0 Å². The Kier molecular flexibility index (Phi) is 6.78. The fraction of sp³-hybridized carbons (Fsp3) is 0.235. The summed E-state index contributed by atoms with van der Waals surface area (Å²) in [4.78, 5) is 2.28. The number of halogens is 2. The molecule has 0 radical (unpaired) electrons. The zero-order valence-corrected chi connectivity index (χ0v) is 15.1. The quantitative estimate of drug-likeness (QED) is 0.430. The van der Waals surface area contributed by atoms with Crippen molar-refractivity contribution < 1.29 is 17.5 Å². The first kappa shape index (κ1) is 19.2. The first-order chi connectivity index (χ1) is 12.0. The molecule has 134 valence electrons. The number of hydrogen-bond donors (Lipinski definition) is 1. The molecule has 0 saturated heterocycles. The lowest BCUT2D eigenvalue weighted by atomic mass is 10.1. The molecule has 0 aliphatic carbocycles. The molecule has 0 aromatic heterocycles. The minimum Gasteiger partial charge on any atom is -0.497 e. The molecule has 25 heavy (non-hydrogen) atoms. The number of hydrazone groups is 1. The van der Waals surface area contributed by atoms with Gasteiger partial charge in [0, 0.05) is 5.88 Å². The van der Waals surface area contributed by atoms with E-state index in [0.717, 1.165) is 0 Å². The number of benzene rings is 2. The van der Waals surface area contributed by atoms with Crippen LogP contribution in [0.15, 0.2) is 58.5 Å². The molecule has 2 aromatic rings. The highest BCUT2D eigenvalue weighted by Gasteiger charge is 2.14. The van der Waals surface area contributed by atoms with Crippen LogP contribution in [0.4, 0.5) is 4.39 Å². The minimum absolute atomic E-state index is 0.0628. The van der Waals surface area contributed by atoms with E-state index in [1.54, 1.807) is 24.3 Å². The number of rotatable bonds is 8. The van der Waals surface area contributed by atoms with Gasteiger partial charge in [-0.25, -0.2) is 4.39 Å². The zero-order valence-electron chi connectivity index (χ0n) is 13.6. The maximum atomic E-state index is 13.1. The molecule has 2 aromatic carbocycles. The Hall–Kier alpha value is -2.12. The molecule has 0 atom stereocenters. The summed E-state index contributed by atoms with van der Waals surface area (Å²) in [6, 6.07) is 11.6. The van der Waals surface area contributed by atoms with Gasteiger partial charge in [-0.2, -0.15) is 18.4 Å². The summed E-state index contributed by atoms with van der Waals surface area (Å²) in [6.07, 6.45) is 1.07. The largest absolute Gasteiger partial charge is 0.497 e. The highest BCUT2D eigenvalue weighted by molar-refractivity contribution is 7.89. The molecule has 0 bridgehead atoms. The first-order valence-electron chi connectivity index (χ1n) is 7.50. The summed E-state index contributed by atoms with van der Waals surface area (Å²) in [7, 11) is -2.32. The monoisotopic (exact) mass is 384 g/mol. The Bertz CT molecular complexity index is 822. The first-order valence-corrected chi connectivity index (χ1v) is 9.52. The third-order valence-electron chi connectivity index (χ3n) is 3.40. The van der Waals surface area contributed by atoms with Crippen LogP contribution in [0.2, 0.25) is 0 Å². The van der Waals surface area contributed by atoms with Gasteiger partial charge in [-0.05, 0) is 54.8 Å². The van der Waals surface area contributed by atoms with E-state index >= 15 is 0 Å². The Morgan fingerprint density at radius 3 is 2.36 bits per heavy atom. The number of alkyl halides is 1. The summed E-state index contributed by atoms with van der Waals surface area (Å²) in [6.45, 7) is 0. The molecule has 0 heterocycles. The molecule has 0 fully saturated rings. The molecular formula is C17H18ClFN2O3S. The van der Waals surface area contributed by atoms with Crippen LogP contribution in [-0.4, -0.2) is 27.1 Å². The zero-order chi connectivity index (χ0) is 18.3. The van der Waals surface area contributed by atoms with Gasteiger partial charge in [-0.15, -0.1) is 11.6 Å². The Morgan fingerprint density at radius 2 is 1.80 bits per heavy atom. The van der Waals surface area contributed by atoms with Crippen molar-refractivity contribution in [3.8, 4) is 5.75 Å². The molecule has 0 saturated carbocycles. The van der Waals surface area contributed by atoms with Crippen LogP contribution >= 0.6 is 11.6 Å². The lowest BCUT2D eigenvalue weighted by molar-refractivity contribution is 0.414. The van der Waals surface area contributed by atoms with Gasteiger partial charge in [-0.3, -0.25) is 0 Å². The summed E-state index contributed by atoms with van der Waals surface area (Å²) in [5.41, 5.74) is 1.11. The van der Waals surface area contributed by atoms with Crippen LogP contribution in [0.5, 0.6) is 5.75 Å². The van der Waals surface area contributed by atoms with Gasteiger partial charge < -0.3 is 4.74 Å². The molecule has 0 spiro atoms. The van der Waals surface area contributed by atoms with Crippen LogP contribution in [0.25, 0.3) is 0 Å². The van der Waals surface area contributed by atoms with E-state index in [1.807, 2.05) is 0 Å². The van der Waals surface area contributed by atoms with E-state index in [0.29, 0.717) is 35.7 Å². The fourth-order valence-electron chi connectivity index (χ4n) is 2.06. The molecular weight excluding hydrogens is 367 g/mol. The number of nitrogens with zero attached hydrogens (tertiary/aromatic N) is 1. The molecule has 8 heteroatoms.